The molecule has 3 rings (SSSR count). The van der Waals surface area contributed by atoms with Crippen LogP contribution in [-0.2, 0) is 4.74 Å². The second-order valence-corrected chi connectivity index (χ2v) is 6.35. The SMILES string of the molecule is CCOC(=O)N1CCN(C(=O)c2ccc(Nc3ccccc3C)nc2)CC1. The van der Waals surface area contributed by atoms with E-state index in [0.717, 1.165) is 11.3 Å². The summed E-state index contributed by atoms with van der Waals surface area (Å²) >= 11 is 0. The van der Waals surface area contributed by atoms with E-state index in [4.69, 9.17) is 4.74 Å². The summed E-state index contributed by atoms with van der Waals surface area (Å²) in [6.45, 7) is 6.09. The largest absolute Gasteiger partial charge is 0.450 e. The number of pyridine rings is 1. The van der Waals surface area contributed by atoms with Gasteiger partial charge in [0, 0.05) is 38.1 Å². The van der Waals surface area contributed by atoms with Crippen LogP contribution < -0.4 is 5.32 Å². The summed E-state index contributed by atoms with van der Waals surface area (Å²) in [5.74, 6) is 0.612. The number of nitrogens with one attached hydrogen (secondary N) is 1. The van der Waals surface area contributed by atoms with Crippen LogP contribution in [0.3, 0.4) is 0 Å². The molecule has 7 heteroatoms. The Morgan fingerprint density at radius 3 is 2.41 bits per heavy atom. The van der Waals surface area contributed by atoms with Gasteiger partial charge in [-0.15, -0.1) is 0 Å². The molecule has 0 atom stereocenters. The predicted molar refractivity (Wildman–Crippen MR) is 103 cm³/mol. The monoisotopic (exact) mass is 368 g/mol. The predicted octanol–water partition coefficient (Wildman–Crippen LogP) is 3.05. The number of para-hydroxylation sites is 1. The van der Waals surface area contributed by atoms with Crippen LogP contribution in [0.5, 0.6) is 0 Å². The molecule has 1 aliphatic heterocycles. The summed E-state index contributed by atoms with van der Waals surface area (Å²) in [5, 5.41) is 3.25. The molecule has 2 amide bonds. The molecular formula is C20H24N4O3. The number of benzene rings is 1. The highest BCUT2D eigenvalue weighted by Crippen LogP contribution is 2.19. The second kappa shape index (κ2) is 8.53. The molecule has 0 spiro atoms. The number of piperazine rings is 1. The van der Waals surface area contributed by atoms with E-state index in [1.54, 1.807) is 35.1 Å². The first kappa shape index (κ1) is 18.7. The maximum atomic E-state index is 12.7. The van der Waals surface area contributed by atoms with Gasteiger partial charge in [-0.1, -0.05) is 18.2 Å². The van der Waals surface area contributed by atoms with E-state index in [1.165, 1.54) is 0 Å². The molecule has 0 radical (unpaired) electrons. The quantitative estimate of drug-likeness (QED) is 0.898. The molecule has 0 bridgehead atoms. The Morgan fingerprint density at radius 1 is 1.07 bits per heavy atom. The van der Waals surface area contributed by atoms with Gasteiger partial charge in [0.1, 0.15) is 5.82 Å². The maximum Gasteiger partial charge on any atom is 0.409 e. The van der Waals surface area contributed by atoms with Crippen molar-refractivity contribution >= 4 is 23.5 Å². The summed E-state index contributed by atoms with van der Waals surface area (Å²) < 4.78 is 5.00. The molecule has 7 nitrogen and oxygen atoms in total. The van der Waals surface area contributed by atoms with E-state index in [0.29, 0.717) is 44.2 Å². The third kappa shape index (κ3) is 4.55. The number of hydrogen-bond donors (Lipinski definition) is 1. The summed E-state index contributed by atoms with van der Waals surface area (Å²) in [7, 11) is 0. The van der Waals surface area contributed by atoms with Gasteiger partial charge in [-0.2, -0.15) is 0 Å². The van der Waals surface area contributed by atoms with Crippen molar-refractivity contribution in [1.82, 2.24) is 14.8 Å². The van der Waals surface area contributed by atoms with E-state index in [2.05, 4.69) is 10.3 Å². The Labute approximate surface area is 158 Å². The lowest BCUT2D eigenvalue weighted by molar-refractivity contribution is 0.0570. The first-order chi connectivity index (χ1) is 13.1. The maximum absolute atomic E-state index is 12.7. The minimum atomic E-state index is -0.321. The lowest BCUT2D eigenvalue weighted by Gasteiger charge is -2.34. The number of carbonyl (C=O) groups excluding carboxylic acids is 2. The highest BCUT2D eigenvalue weighted by Gasteiger charge is 2.25. The normalized spacial score (nSPS) is 14.0. The van der Waals surface area contributed by atoms with Crippen molar-refractivity contribution in [3.8, 4) is 0 Å². The Hall–Kier alpha value is -3.09. The van der Waals surface area contributed by atoms with E-state index >= 15 is 0 Å². The lowest BCUT2D eigenvalue weighted by atomic mass is 10.2. The van der Waals surface area contributed by atoms with Gasteiger partial charge >= 0.3 is 6.09 Å². The standard InChI is InChI=1S/C20H24N4O3/c1-3-27-20(26)24-12-10-23(11-13-24)19(25)16-8-9-18(21-14-16)22-17-7-5-4-6-15(17)2/h4-9,14H,3,10-13H2,1-2H3,(H,21,22). The number of aryl methyl sites for hydroxylation is 1. The fourth-order valence-electron chi connectivity index (χ4n) is 2.93. The second-order valence-electron chi connectivity index (χ2n) is 6.35. The Morgan fingerprint density at radius 2 is 1.78 bits per heavy atom. The lowest BCUT2D eigenvalue weighted by Crippen LogP contribution is -2.50. The van der Waals surface area contributed by atoms with E-state index < -0.39 is 0 Å². The first-order valence-corrected chi connectivity index (χ1v) is 9.08. The molecule has 1 N–H and O–H groups in total. The Balaban J connectivity index is 1.58. The zero-order valence-corrected chi connectivity index (χ0v) is 15.6. The molecule has 1 aliphatic rings. The van der Waals surface area contributed by atoms with Crippen LogP contribution in [0, 0.1) is 6.92 Å². The molecule has 0 aliphatic carbocycles. The van der Waals surface area contributed by atoms with Gasteiger partial charge in [-0.05, 0) is 37.6 Å². The molecule has 2 heterocycles. The Bertz CT molecular complexity index is 799. The van der Waals surface area contributed by atoms with Crippen molar-refractivity contribution in [1.29, 1.82) is 0 Å². The van der Waals surface area contributed by atoms with Gasteiger partial charge in [-0.25, -0.2) is 9.78 Å². The molecule has 1 fully saturated rings. The summed E-state index contributed by atoms with van der Waals surface area (Å²) in [6.07, 6.45) is 1.26. The van der Waals surface area contributed by atoms with Crippen LogP contribution in [0.2, 0.25) is 0 Å². The zero-order valence-electron chi connectivity index (χ0n) is 15.6. The average Bonchev–Trinajstić information content (AvgIpc) is 2.70. The van der Waals surface area contributed by atoms with Crippen LogP contribution in [-0.4, -0.2) is 59.6 Å². The fourth-order valence-corrected chi connectivity index (χ4v) is 2.93. The van der Waals surface area contributed by atoms with Gasteiger partial charge in [-0.3, -0.25) is 4.79 Å². The van der Waals surface area contributed by atoms with Gasteiger partial charge in [0.2, 0.25) is 0 Å². The molecule has 1 aromatic carbocycles. The summed E-state index contributed by atoms with van der Waals surface area (Å²) in [6, 6.07) is 11.5. The number of hydrogen-bond acceptors (Lipinski definition) is 5. The average molecular weight is 368 g/mol. The van der Waals surface area contributed by atoms with Gasteiger partial charge in [0.15, 0.2) is 0 Å². The van der Waals surface area contributed by atoms with Crippen molar-refractivity contribution in [2.75, 3.05) is 38.1 Å². The van der Waals surface area contributed by atoms with Crippen LogP contribution in [0.15, 0.2) is 42.6 Å². The molecule has 1 saturated heterocycles. The van der Waals surface area contributed by atoms with Crippen molar-refractivity contribution in [3.63, 3.8) is 0 Å². The van der Waals surface area contributed by atoms with E-state index in [9.17, 15) is 9.59 Å². The smallest absolute Gasteiger partial charge is 0.409 e. The highest BCUT2D eigenvalue weighted by molar-refractivity contribution is 5.94. The topological polar surface area (TPSA) is 74.8 Å². The van der Waals surface area contributed by atoms with Gasteiger partial charge in [0.25, 0.3) is 5.91 Å². The molecule has 2 aromatic rings. The van der Waals surface area contributed by atoms with Crippen LogP contribution in [0.1, 0.15) is 22.8 Å². The molecule has 27 heavy (non-hydrogen) atoms. The molecule has 0 saturated carbocycles. The molecular weight excluding hydrogens is 344 g/mol. The van der Waals surface area contributed by atoms with Crippen LogP contribution in [0.4, 0.5) is 16.3 Å². The number of anilines is 2. The molecule has 0 unspecified atom stereocenters. The number of amides is 2. The summed E-state index contributed by atoms with van der Waals surface area (Å²) in [4.78, 5) is 32.1. The number of ether oxygens (including phenoxy) is 1. The minimum Gasteiger partial charge on any atom is -0.450 e. The van der Waals surface area contributed by atoms with E-state index in [-0.39, 0.29) is 12.0 Å². The number of rotatable bonds is 4. The van der Waals surface area contributed by atoms with Gasteiger partial charge in [0.05, 0.1) is 12.2 Å². The molecule has 1 aromatic heterocycles. The minimum absolute atomic E-state index is 0.0755. The van der Waals surface area contributed by atoms with Crippen molar-refractivity contribution < 1.29 is 14.3 Å². The zero-order chi connectivity index (χ0) is 19.2. The van der Waals surface area contributed by atoms with Crippen molar-refractivity contribution in [2.24, 2.45) is 0 Å². The third-order valence-corrected chi connectivity index (χ3v) is 4.51. The fraction of sp³-hybridized carbons (Fsp3) is 0.350. The van der Waals surface area contributed by atoms with Crippen LogP contribution >= 0.6 is 0 Å². The number of nitrogens with zero attached hydrogens (tertiary/aromatic N) is 3. The van der Waals surface area contributed by atoms with Gasteiger partial charge < -0.3 is 19.9 Å². The highest BCUT2D eigenvalue weighted by atomic mass is 16.6. The summed E-state index contributed by atoms with van der Waals surface area (Å²) in [5.41, 5.74) is 2.65. The third-order valence-electron chi connectivity index (χ3n) is 4.51. The Kier molecular flexibility index (Phi) is 5.90. The molecule has 142 valence electrons. The number of aromatic nitrogens is 1. The number of carbonyl (C=O) groups is 2. The van der Waals surface area contributed by atoms with Crippen molar-refractivity contribution in [3.05, 3.63) is 53.7 Å². The van der Waals surface area contributed by atoms with E-state index in [1.807, 2.05) is 31.2 Å². The van der Waals surface area contributed by atoms with Crippen LogP contribution in [0.25, 0.3) is 0 Å². The van der Waals surface area contributed by atoms with Crippen molar-refractivity contribution in [2.45, 2.75) is 13.8 Å². The first-order valence-electron chi connectivity index (χ1n) is 9.08.